The summed E-state index contributed by atoms with van der Waals surface area (Å²) in [6.07, 6.45) is 4.49. The van der Waals surface area contributed by atoms with Crippen molar-refractivity contribution in [3.8, 4) is 0 Å². The fourth-order valence-electron chi connectivity index (χ4n) is 2.66. The average molecular weight is 317 g/mol. The minimum absolute atomic E-state index is 0.0545. The van der Waals surface area contributed by atoms with Crippen LogP contribution in [0.3, 0.4) is 0 Å². The lowest BCUT2D eigenvalue weighted by Gasteiger charge is -2.25. The summed E-state index contributed by atoms with van der Waals surface area (Å²) >= 11 is 0. The zero-order chi connectivity index (χ0) is 17.0. The monoisotopic (exact) mass is 317 g/mol. The predicted octanol–water partition coefficient (Wildman–Crippen LogP) is 2.67. The van der Waals surface area contributed by atoms with Crippen LogP contribution < -0.4 is 16.4 Å². The molecule has 5 heteroatoms. The Hall–Kier alpha value is -1.88. The third-order valence-electron chi connectivity index (χ3n) is 4.32. The molecule has 0 aliphatic heterocycles. The highest BCUT2D eigenvalue weighted by atomic mass is 16.2. The zero-order valence-corrected chi connectivity index (χ0v) is 14.2. The molecule has 1 atom stereocenters. The maximum absolute atomic E-state index is 12.2. The Bertz CT molecular complexity index is 555. The van der Waals surface area contributed by atoms with Gasteiger partial charge in [-0.3, -0.25) is 9.59 Å². The average Bonchev–Trinajstić information content (AvgIpc) is 2.99. The van der Waals surface area contributed by atoms with Gasteiger partial charge in [0.2, 0.25) is 5.91 Å². The second-order valence-electron chi connectivity index (χ2n) is 7.37. The number of rotatable bonds is 4. The number of hydrogen-bond acceptors (Lipinski definition) is 3. The van der Waals surface area contributed by atoms with E-state index in [-0.39, 0.29) is 17.2 Å². The Balaban J connectivity index is 1.93. The third kappa shape index (κ3) is 4.79. The lowest BCUT2D eigenvalue weighted by Crippen LogP contribution is -2.45. The smallest absolute Gasteiger partial charge is 0.251 e. The van der Waals surface area contributed by atoms with E-state index in [0.717, 1.165) is 12.8 Å². The van der Waals surface area contributed by atoms with Crippen molar-refractivity contribution in [2.75, 3.05) is 5.32 Å². The first-order valence-corrected chi connectivity index (χ1v) is 8.25. The van der Waals surface area contributed by atoms with E-state index in [4.69, 9.17) is 5.73 Å². The number of anilines is 1. The minimum Gasteiger partial charge on any atom is -0.349 e. The number of hydrogen-bond donors (Lipinski definition) is 3. The topological polar surface area (TPSA) is 84.2 Å². The summed E-state index contributed by atoms with van der Waals surface area (Å²) < 4.78 is 0. The number of carbonyl (C=O) groups excluding carboxylic acids is 2. The van der Waals surface area contributed by atoms with Gasteiger partial charge in [-0.2, -0.15) is 0 Å². The number of amides is 2. The van der Waals surface area contributed by atoms with Crippen LogP contribution in [-0.2, 0) is 4.79 Å². The maximum atomic E-state index is 12.2. The number of carbonyl (C=O) groups is 2. The summed E-state index contributed by atoms with van der Waals surface area (Å²) in [5, 5.41) is 5.84. The van der Waals surface area contributed by atoms with Crippen LogP contribution in [0.15, 0.2) is 24.3 Å². The van der Waals surface area contributed by atoms with E-state index in [1.807, 2.05) is 20.8 Å². The van der Waals surface area contributed by atoms with Crippen molar-refractivity contribution in [3.05, 3.63) is 29.8 Å². The van der Waals surface area contributed by atoms with Gasteiger partial charge >= 0.3 is 0 Å². The summed E-state index contributed by atoms with van der Waals surface area (Å²) in [4.78, 5) is 24.2. The molecule has 0 heterocycles. The fraction of sp³-hybridized carbons (Fsp3) is 0.556. The van der Waals surface area contributed by atoms with Gasteiger partial charge in [0.15, 0.2) is 0 Å². The Morgan fingerprint density at radius 3 is 2.22 bits per heavy atom. The molecule has 1 aliphatic rings. The summed E-state index contributed by atoms with van der Waals surface area (Å²) in [5.41, 5.74) is 6.89. The molecule has 0 radical (unpaired) electrons. The molecule has 2 amide bonds. The van der Waals surface area contributed by atoms with Crippen molar-refractivity contribution >= 4 is 17.5 Å². The Morgan fingerprint density at radius 1 is 1.13 bits per heavy atom. The lowest BCUT2D eigenvalue weighted by molar-refractivity contribution is -0.119. The molecule has 0 unspecified atom stereocenters. The van der Waals surface area contributed by atoms with Crippen LogP contribution in [0.5, 0.6) is 0 Å². The predicted molar refractivity (Wildman–Crippen MR) is 92.2 cm³/mol. The molecule has 1 aromatic carbocycles. The highest BCUT2D eigenvalue weighted by molar-refractivity contribution is 5.97. The van der Waals surface area contributed by atoms with E-state index in [1.165, 1.54) is 12.8 Å². The molecule has 0 aromatic heterocycles. The number of nitrogens with two attached hydrogens (primary N) is 1. The molecule has 0 saturated heterocycles. The lowest BCUT2D eigenvalue weighted by atomic mass is 9.87. The first-order chi connectivity index (χ1) is 10.8. The summed E-state index contributed by atoms with van der Waals surface area (Å²) in [7, 11) is 0. The summed E-state index contributed by atoms with van der Waals surface area (Å²) in [5.74, 6) is -0.276. The van der Waals surface area contributed by atoms with Crippen molar-refractivity contribution < 1.29 is 9.59 Å². The quantitative estimate of drug-likeness (QED) is 0.798. The molecule has 2 rings (SSSR count). The largest absolute Gasteiger partial charge is 0.349 e. The minimum atomic E-state index is -0.590. The molecule has 0 spiro atoms. The van der Waals surface area contributed by atoms with Crippen LogP contribution in [0.25, 0.3) is 0 Å². The van der Waals surface area contributed by atoms with Crippen molar-refractivity contribution in [2.24, 2.45) is 11.1 Å². The first kappa shape index (κ1) is 17.5. The molecule has 4 N–H and O–H groups in total. The molecule has 1 aromatic rings. The van der Waals surface area contributed by atoms with Crippen LogP contribution in [0.1, 0.15) is 56.8 Å². The molecule has 23 heavy (non-hydrogen) atoms. The van der Waals surface area contributed by atoms with Crippen molar-refractivity contribution in [2.45, 2.75) is 58.5 Å². The van der Waals surface area contributed by atoms with Gasteiger partial charge in [-0.05, 0) is 42.5 Å². The third-order valence-corrected chi connectivity index (χ3v) is 4.32. The first-order valence-electron chi connectivity index (χ1n) is 8.25. The second-order valence-corrected chi connectivity index (χ2v) is 7.37. The Morgan fingerprint density at radius 2 is 1.70 bits per heavy atom. The van der Waals surface area contributed by atoms with Gasteiger partial charge < -0.3 is 16.4 Å². The van der Waals surface area contributed by atoms with Crippen molar-refractivity contribution in [3.63, 3.8) is 0 Å². The van der Waals surface area contributed by atoms with E-state index in [0.29, 0.717) is 17.3 Å². The van der Waals surface area contributed by atoms with E-state index in [1.54, 1.807) is 24.3 Å². The summed E-state index contributed by atoms with van der Waals surface area (Å²) in [6.45, 7) is 5.77. The van der Waals surface area contributed by atoms with Crippen molar-refractivity contribution in [1.29, 1.82) is 0 Å². The van der Waals surface area contributed by atoms with Crippen LogP contribution in [0, 0.1) is 5.41 Å². The van der Waals surface area contributed by atoms with Gasteiger partial charge in [-0.1, -0.05) is 33.6 Å². The van der Waals surface area contributed by atoms with Gasteiger partial charge in [0.05, 0.1) is 6.04 Å². The highest BCUT2D eigenvalue weighted by Gasteiger charge is 2.27. The van der Waals surface area contributed by atoms with E-state index in [2.05, 4.69) is 10.6 Å². The normalized spacial score (nSPS) is 16.9. The SMILES string of the molecule is CC(C)(C)[C@H](N)C(=O)Nc1ccc(C(=O)NC2CCCC2)cc1. The van der Waals surface area contributed by atoms with E-state index < -0.39 is 6.04 Å². The fourth-order valence-corrected chi connectivity index (χ4v) is 2.66. The standard InChI is InChI=1S/C18H27N3O2/c1-18(2,3)15(19)17(23)21-14-10-8-12(9-11-14)16(22)20-13-6-4-5-7-13/h8-11,13,15H,4-7,19H2,1-3H3,(H,20,22)(H,21,23)/t15-/m1/s1. The zero-order valence-electron chi connectivity index (χ0n) is 14.2. The van der Waals surface area contributed by atoms with Gasteiger partial charge in [0, 0.05) is 17.3 Å². The van der Waals surface area contributed by atoms with Gasteiger partial charge in [0.25, 0.3) is 5.91 Å². The molecular formula is C18H27N3O2. The van der Waals surface area contributed by atoms with E-state index in [9.17, 15) is 9.59 Å². The van der Waals surface area contributed by atoms with Crippen LogP contribution in [0.2, 0.25) is 0 Å². The molecule has 126 valence electrons. The molecular weight excluding hydrogens is 290 g/mol. The van der Waals surface area contributed by atoms with Gasteiger partial charge in [0.1, 0.15) is 0 Å². The summed E-state index contributed by atoms with van der Waals surface area (Å²) in [6, 6.07) is 6.62. The molecule has 1 saturated carbocycles. The molecule has 0 bridgehead atoms. The number of nitrogens with one attached hydrogen (secondary N) is 2. The van der Waals surface area contributed by atoms with Crippen LogP contribution in [0.4, 0.5) is 5.69 Å². The molecule has 5 nitrogen and oxygen atoms in total. The Labute approximate surface area is 138 Å². The van der Waals surface area contributed by atoms with Crippen LogP contribution >= 0.6 is 0 Å². The Kier molecular flexibility index (Phi) is 5.42. The van der Waals surface area contributed by atoms with Crippen LogP contribution in [-0.4, -0.2) is 23.9 Å². The molecule has 1 fully saturated rings. The van der Waals surface area contributed by atoms with Gasteiger partial charge in [-0.25, -0.2) is 0 Å². The van der Waals surface area contributed by atoms with Gasteiger partial charge in [-0.15, -0.1) is 0 Å². The van der Waals surface area contributed by atoms with Crippen molar-refractivity contribution in [1.82, 2.24) is 5.32 Å². The van der Waals surface area contributed by atoms with E-state index >= 15 is 0 Å². The second kappa shape index (κ2) is 7.13. The number of benzene rings is 1. The molecule has 1 aliphatic carbocycles. The maximum Gasteiger partial charge on any atom is 0.251 e. The highest BCUT2D eigenvalue weighted by Crippen LogP contribution is 2.20.